The van der Waals surface area contributed by atoms with E-state index >= 15 is 0 Å². The van der Waals surface area contributed by atoms with Crippen LogP contribution in [0.3, 0.4) is 0 Å². The summed E-state index contributed by atoms with van der Waals surface area (Å²) in [6.07, 6.45) is 0. The first kappa shape index (κ1) is 29.5. The first-order chi connectivity index (χ1) is 26.7. The summed E-state index contributed by atoms with van der Waals surface area (Å²) in [4.78, 5) is 0. The van der Waals surface area contributed by atoms with Crippen LogP contribution in [0.15, 0.2) is 194 Å². The highest BCUT2D eigenvalue weighted by Gasteiger charge is 2.30. The molecule has 0 radical (unpaired) electrons. The topological polar surface area (TPSA) is 0 Å². The second-order valence-corrected chi connectivity index (χ2v) is 14.9. The van der Waals surface area contributed by atoms with E-state index in [4.69, 9.17) is 0 Å². The summed E-state index contributed by atoms with van der Waals surface area (Å²) in [7, 11) is 0. The van der Waals surface area contributed by atoms with E-state index in [-0.39, 0.29) is 0 Å². The molecule has 0 heterocycles. The third kappa shape index (κ3) is 4.32. The van der Waals surface area contributed by atoms with Crippen LogP contribution in [0.5, 0.6) is 0 Å². The molecule has 11 aromatic rings. The fourth-order valence-electron chi connectivity index (χ4n) is 9.39. The third-order valence-corrected chi connectivity index (χ3v) is 11.8. The molecule has 0 saturated heterocycles. The third-order valence-electron chi connectivity index (χ3n) is 11.8. The van der Waals surface area contributed by atoms with Crippen molar-refractivity contribution in [2.75, 3.05) is 0 Å². The first-order valence-electron chi connectivity index (χ1n) is 18.8. The predicted molar refractivity (Wildman–Crippen MR) is 232 cm³/mol. The minimum Gasteiger partial charge on any atom is -0.0622 e. The molecule has 0 spiro atoms. The highest BCUT2D eigenvalue weighted by atomic mass is 14.3. The molecular weight excluding hydrogens is 649 g/mol. The van der Waals surface area contributed by atoms with Gasteiger partial charge in [0.2, 0.25) is 0 Å². The monoisotopic (exact) mass is 680 g/mol. The van der Waals surface area contributed by atoms with Crippen molar-refractivity contribution in [2.45, 2.75) is 0 Å². The molecule has 0 saturated carbocycles. The molecule has 0 N–H and O–H groups in total. The summed E-state index contributed by atoms with van der Waals surface area (Å²) in [6, 6.07) is 72.6. The number of hydrogen-bond acceptors (Lipinski definition) is 0. The van der Waals surface area contributed by atoms with Crippen LogP contribution in [0, 0.1) is 0 Å². The molecule has 54 heavy (non-hydrogen) atoms. The summed E-state index contributed by atoms with van der Waals surface area (Å²) in [5, 5.41) is 15.3. The van der Waals surface area contributed by atoms with Crippen molar-refractivity contribution in [2.24, 2.45) is 0 Å². The SMILES string of the molecule is c1ccc(-c2ccc3c(-c4ccc5cc6ccccc6cc5c4)c4c(c(-c5ccc6cc7ccccc7cc6c5)c3c2)-c2cccc3cccc-4c23)cc1. The van der Waals surface area contributed by atoms with E-state index in [9.17, 15) is 0 Å². The standard InChI is InChI=1S/C54H32/c1-2-10-33(11-3-1)41-24-25-46-49(32-41)52(43-23-21-40-27-36-13-5-7-15-38(36)29-45(40)31-43)54-48-19-9-17-34-16-8-18-47(50(34)48)53(54)51(46)42-22-20-39-26-35-12-4-6-14-37(35)28-44(39)30-42/h1-32H. The second-order valence-electron chi connectivity index (χ2n) is 14.9. The highest BCUT2D eigenvalue weighted by molar-refractivity contribution is 6.28. The number of rotatable bonds is 3. The summed E-state index contributed by atoms with van der Waals surface area (Å²) in [6.45, 7) is 0. The Morgan fingerprint density at radius 2 is 0.648 bits per heavy atom. The molecule has 0 fully saturated rings. The van der Waals surface area contributed by atoms with Crippen molar-refractivity contribution in [3.8, 4) is 55.6 Å². The molecule has 0 nitrogen and oxygen atoms in total. The molecular formula is C54H32. The molecule has 0 amide bonds. The van der Waals surface area contributed by atoms with Gasteiger partial charge in [-0.15, -0.1) is 0 Å². The van der Waals surface area contributed by atoms with Crippen molar-refractivity contribution in [3.63, 3.8) is 0 Å². The maximum absolute atomic E-state index is 2.45. The van der Waals surface area contributed by atoms with Gasteiger partial charge in [0, 0.05) is 0 Å². The molecule has 0 unspecified atom stereocenters. The fourth-order valence-corrected chi connectivity index (χ4v) is 9.39. The molecule has 1 aliphatic carbocycles. The Labute approximate surface area is 313 Å². The minimum atomic E-state index is 1.22. The van der Waals surface area contributed by atoms with E-state index in [0.29, 0.717) is 0 Å². The van der Waals surface area contributed by atoms with E-state index in [0.717, 1.165) is 0 Å². The summed E-state index contributed by atoms with van der Waals surface area (Å²) in [5.74, 6) is 0. The molecule has 0 atom stereocenters. The van der Waals surface area contributed by atoms with Gasteiger partial charge in [-0.2, -0.15) is 0 Å². The van der Waals surface area contributed by atoms with E-state index in [1.165, 1.54) is 120 Å². The van der Waals surface area contributed by atoms with Crippen molar-refractivity contribution in [3.05, 3.63) is 194 Å². The lowest BCUT2D eigenvalue weighted by atomic mass is 9.81. The quantitative estimate of drug-likeness (QED) is 0.163. The minimum absolute atomic E-state index is 1.22. The van der Waals surface area contributed by atoms with Crippen molar-refractivity contribution in [1.82, 2.24) is 0 Å². The first-order valence-corrected chi connectivity index (χ1v) is 18.8. The number of hydrogen-bond donors (Lipinski definition) is 0. The maximum Gasteiger partial charge on any atom is -0.000741 e. The normalized spacial score (nSPS) is 12.1. The lowest BCUT2D eigenvalue weighted by molar-refractivity contribution is 1.62. The molecule has 12 rings (SSSR count). The van der Waals surface area contributed by atoms with E-state index in [2.05, 4.69) is 194 Å². The fraction of sp³-hybridized carbons (Fsp3) is 0. The Morgan fingerprint density at radius 3 is 1.20 bits per heavy atom. The van der Waals surface area contributed by atoms with E-state index in [1.807, 2.05) is 0 Å². The molecule has 0 bridgehead atoms. The zero-order valence-corrected chi connectivity index (χ0v) is 29.5. The lowest BCUT2D eigenvalue weighted by Crippen LogP contribution is -1.95. The van der Waals surface area contributed by atoms with Gasteiger partial charge in [-0.1, -0.05) is 152 Å². The second kappa shape index (κ2) is 11.2. The average Bonchev–Trinajstić information content (AvgIpc) is 3.56. The molecule has 0 aromatic heterocycles. The summed E-state index contributed by atoms with van der Waals surface area (Å²) in [5.41, 5.74) is 12.8. The van der Waals surface area contributed by atoms with Gasteiger partial charge >= 0.3 is 0 Å². The van der Waals surface area contributed by atoms with E-state index < -0.39 is 0 Å². The Bertz CT molecular complexity index is 3360. The van der Waals surface area contributed by atoms with Gasteiger partial charge in [-0.25, -0.2) is 0 Å². The van der Waals surface area contributed by atoms with Gasteiger partial charge in [0.15, 0.2) is 0 Å². The van der Waals surface area contributed by atoms with Gasteiger partial charge in [0.1, 0.15) is 0 Å². The Morgan fingerprint density at radius 1 is 0.204 bits per heavy atom. The van der Waals surface area contributed by atoms with Gasteiger partial charge in [-0.05, 0) is 163 Å². The zero-order chi connectivity index (χ0) is 35.3. The van der Waals surface area contributed by atoms with Crippen molar-refractivity contribution in [1.29, 1.82) is 0 Å². The highest BCUT2D eigenvalue weighted by Crippen LogP contribution is 2.58. The molecule has 248 valence electrons. The van der Waals surface area contributed by atoms with Gasteiger partial charge < -0.3 is 0 Å². The maximum atomic E-state index is 2.45. The Kier molecular flexibility index (Phi) is 6.15. The Hall–Kier alpha value is -7.02. The van der Waals surface area contributed by atoms with E-state index in [1.54, 1.807) is 0 Å². The molecule has 0 heteroatoms. The zero-order valence-electron chi connectivity index (χ0n) is 29.5. The van der Waals surface area contributed by atoms with Crippen LogP contribution in [-0.4, -0.2) is 0 Å². The predicted octanol–water partition coefficient (Wildman–Crippen LogP) is 15.3. The lowest BCUT2D eigenvalue weighted by Gasteiger charge is -2.22. The molecule has 1 aliphatic rings. The average molecular weight is 681 g/mol. The molecule has 0 aliphatic heterocycles. The van der Waals surface area contributed by atoms with Crippen LogP contribution in [0.25, 0.3) is 120 Å². The number of fused-ring (bicyclic) bond motifs is 8. The number of benzene rings is 11. The van der Waals surface area contributed by atoms with Gasteiger partial charge in [-0.3, -0.25) is 0 Å². The van der Waals surface area contributed by atoms with Crippen LogP contribution in [0.2, 0.25) is 0 Å². The van der Waals surface area contributed by atoms with Crippen molar-refractivity contribution >= 4 is 64.6 Å². The summed E-state index contributed by atoms with van der Waals surface area (Å²) >= 11 is 0. The van der Waals surface area contributed by atoms with Crippen molar-refractivity contribution < 1.29 is 0 Å². The van der Waals surface area contributed by atoms with Crippen LogP contribution in [0.4, 0.5) is 0 Å². The Balaban J connectivity index is 1.24. The van der Waals surface area contributed by atoms with Crippen LogP contribution < -0.4 is 0 Å². The molecule has 11 aromatic carbocycles. The smallest absolute Gasteiger partial charge is 0.000741 e. The van der Waals surface area contributed by atoms with Gasteiger partial charge in [0.25, 0.3) is 0 Å². The van der Waals surface area contributed by atoms with Crippen LogP contribution >= 0.6 is 0 Å². The largest absolute Gasteiger partial charge is 0.0622 e. The summed E-state index contributed by atoms with van der Waals surface area (Å²) < 4.78 is 0. The van der Waals surface area contributed by atoms with Gasteiger partial charge in [0.05, 0.1) is 0 Å². The van der Waals surface area contributed by atoms with Crippen LogP contribution in [-0.2, 0) is 0 Å². The van der Waals surface area contributed by atoms with Crippen LogP contribution in [0.1, 0.15) is 0 Å².